The van der Waals surface area contributed by atoms with Crippen molar-refractivity contribution >= 4 is 29.9 Å². The molecule has 2 N–H and O–H groups in total. The van der Waals surface area contributed by atoms with E-state index in [1.807, 2.05) is 7.05 Å². The zero-order chi connectivity index (χ0) is 16.5. The minimum absolute atomic E-state index is 0. The molecule has 0 heterocycles. The smallest absolute Gasteiger partial charge is 0.191 e. The van der Waals surface area contributed by atoms with Gasteiger partial charge in [-0.15, -0.1) is 24.0 Å². The van der Waals surface area contributed by atoms with E-state index < -0.39 is 0 Å². The average Bonchev–Trinajstić information content (AvgIpc) is 3.36. The van der Waals surface area contributed by atoms with Crippen molar-refractivity contribution < 1.29 is 4.74 Å². The molecular formula is C19H38IN3O. The highest BCUT2D eigenvalue weighted by atomic mass is 127. The van der Waals surface area contributed by atoms with Crippen LogP contribution in [0.5, 0.6) is 0 Å². The number of nitrogens with zero attached hydrogens (tertiary/aromatic N) is 1. The summed E-state index contributed by atoms with van der Waals surface area (Å²) in [4.78, 5) is 4.40. The number of ether oxygens (including phenoxy) is 1. The number of halogens is 1. The Morgan fingerprint density at radius 1 is 1.25 bits per heavy atom. The van der Waals surface area contributed by atoms with Gasteiger partial charge in [0.15, 0.2) is 5.96 Å². The summed E-state index contributed by atoms with van der Waals surface area (Å²) >= 11 is 0. The van der Waals surface area contributed by atoms with E-state index in [0.717, 1.165) is 31.4 Å². The second-order valence-electron chi connectivity index (χ2n) is 7.80. The van der Waals surface area contributed by atoms with E-state index in [0.29, 0.717) is 11.5 Å². The summed E-state index contributed by atoms with van der Waals surface area (Å²) in [6, 6.07) is 0.497. The van der Waals surface area contributed by atoms with Gasteiger partial charge in [-0.2, -0.15) is 0 Å². The topological polar surface area (TPSA) is 45.7 Å². The van der Waals surface area contributed by atoms with Gasteiger partial charge in [0.2, 0.25) is 0 Å². The minimum Gasteiger partial charge on any atom is -0.385 e. The maximum atomic E-state index is 5.23. The molecule has 2 fully saturated rings. The summed E-state index contributed by atoms with van der Waals surface area (Å²) < 4.78 is 5.23. The lowest BCUT2D eigenvalue weighted by atomic mass is 9.85. The maximum absolute atomic E-state index is 5.23. The Labute approximate surface area is 166 Å². The second-order valence-corrected chi connectivity index (χ2v) is 7.80. The maximum Gasteiger partial charge on any atom is 0.191 e. The molecule has 5 heteroatoms. The third-order valence-electron chi connectivity index (χ3n) is 5.76. The highest BCUT2D eigenvalue weighted by Crippen LogP contribution is 2.48. The van der Waals surface area contributed by atoms with E-state index in [4.69, 9.17) is 4.74 Å². The van der Waals surface area contributed by atoms with Crippen LogP contribution in [0.25, 0.3) is 0 Å². The molecule has 0 aromatic heterocycles. The summed E-state index contributed by atoms with van der Waals surface area (Å²) in [7, 11) is 3.66. The molecule has 0 aromatic rings. The first-order chi connectivity index (χ1) is 11.2. The van der Waals surface area contributed by atoms with Crippen molar-refractivity contribution in [2.45, 2.75) is 77.2 Å². The van der Waals surface area contributed by atoms with Crippen molar-refractivity contribution in [1.82, 2.24) is 10.6 Å². The van der Waals surface area contributed by atoms with Crippen molar-refractivity contribution in [2.75, 3.05) is 27.3 Å². The molecule has 2 rings (SSSR count). The van der Waals surface area contributed by atoms with Crippen LogP contribution in [0.3, 0.4) is 0 Å². The number of aliphatic imine (C=N–C) groups is 1. The van der Waals surface area contributed by atoms with Crippen LogP contribution in [0.15, 0.2) is 4.99 Å². The van der Waals surface area contributed by atoms with Gasteiger partial charge in [0.25, 0.3) is 0 Å². The molecule has 1 unspecified atom stereocenters. The Balaban J connectivity index is 0.00000288. The zero-order valence-electron chi connectivity index (χ0n) is 15.9. The second kappa shape index (κ2) is 11.6. The van der Waals surface area contributed by atoms with Crippen LogP contribution in [-0.4, -0.2) is 39.3 Å². The molecule has 24 heavy (non-hydrogen) atoms. The zero-order valence-corrected chi connectivity index (χ0v) is 18.2. The van der Waals surface area contributed by atoms with E-state index in [9.17, 15) is 0 Å². The van der Waals surface area contributed by atoms with Gasteiger partial charge in [-0.05, 0) is 50.4 Å². The van der Waals surface area contributed by atoms with E-state index in [-0.39, 0.29) is 24.0 Å². The molecule has 0 amide bonds. The van der Waals surface area contributed by atoms with E-state index >= 15 is 0 Å². The van der Waals surface area contributed by atoms with Crippen molar-refractivity contribution in [3.8, 4) is 0 Å². The standard InChI is InChI=1S/C19H37N3O.HI/c1-16(9-10-17-7-5-4-6-8-17)22-18(20-2)21-15-19(11-12-19)13-14-23-3;/h16-17H,4-15H2,1-3H3,(H2,20,21,22);1H. The van der Waals surface area contributed by atoms with Gasteiger partial charge in [0.1, 0.15) is 0 Å². The molecular weight excluding hydrogens is 413 g/mol. The summed E-state index contributed by atoms with van der Waals surface area (Å²) in [5.74, 6) is 1.93. The van der Waals surface area contributed by atoms with Crippen LogP contribution in [0.1, 0.15) is 71.1 Å². The van der Waals surface area contributed by atoms with Gasteiger partial charge in [0, 0.05) is 33.4 Å². The van der Waals surface area contributed by atoms with Gasteiger partial charge < -0.3 is 15.4 Å². The third-order valence-corrected chi connectivity index (χ3v) is 5.76. The lowest BCUT2D eigenvalue weighted by molar-refractivity contribution is 0.172. The fourth-order valence-corrected chi connectivity index (χ4v) is 3.74. The number of rotatable bonds is 9. The minimum atomic E-state index is 0. The molecule has 0 saturated heterocycles. The highest BCUT2D eigenvalue weighted by molar-refractivity contribution is 14.0. The van der Waals surface area contributed by atoms with E-state index in [1.165, 1.54) is 57.8 Å². The van der Waals surface area contributed by atoms with E-state index in [1.54, 1.807) is 7.11 Å². The Morgan fingerprint density at radius 2 is 1.96 bits per heavy atom. The summed E-state index contributed by atoms with van der Waals surface area (Å²) in [5, 5.41) is 7.10. The van der Waals surface area contributed by atoms with Crippen LogP contribution in [0.4, 0.5) is 0 Å². The van der Waals surface area contributed by atoms with Crippen molar-refractivity contribution in [3.05, 3.63) is 0 Å². The molecule has 0 aliphatic heterocycles. The van der Waals surface area contributed by atoms with Crippen molar-refractivity contribution in [1.29, 1.82) is 0 Å². The fraction of sp³-hybridized carbons (Fsp3) is 0.947. The molecule has 0 spiro atoms. The lowest BCUT2D eigenvalue weighted by Gasteiger charge is -2.25. The van der Waals surface area contributed by atoms with Crippen molar-refractivity contribution in [3.63, 3.8) is 0 Å². The SMILES string of the molecule is CN=C(NCC1(CCOC)CC1)NC(C)CCC1CCCCC1.I. The molecule has 0 bridgehead atoms. The molecule has 0 radical (unpaired) electrons. The first-order valence-corrected chi connectivity index (χ1v) is 9.63. The molecule has 2 saturated carbocycles. The third kappa shape index (κ3) is 7.89. The molecule has 2 aliphatic rings. The largest absolute Gasteiger partial charge is 0.385 e. The number of guanidine groups is 1. The Morgan fingerprint density at radius 3 is 2.54 bits per heavy atom. The van der Waals surface area contributed by atoms with Crippen LogP contribution < -0.4 is 10.6 Å². The number of methoxy groups -OCH3 is 1. The van der Waals surface area contributed by atoms with Gasteiger partial charge in [0.05, 0.1) is 0 Å². The molecule has 0 aromatic carbocycles. The molecule has 4 nitrogen and oxygen atoms in total. The summed E-state index contributed by atoms with van der Waals surface area (Å²) in [5.41, 5.74) is 0.457. The van der Waals surface area contributed by atoms with Crippen LogP contribution in [-0.2, 0) is 4.74 Å². The molecule has 1 atom stereocenters. The van der Waals surface area contributed by atoms with Crippen LogP contribution >= 0.6 is 24.0 Å². The highest BCUT2D eigenvalue weighted by Gasteiger charge is 2.41. The van der Waals surface area contributed by atoms with Gasteiger partial charge in [-0.3, -0.25) is 4.99 Å². The Kier molecular flexibility index (Phi) is 10.6. The number of hydrogen-bond donors (Lipinski definition) is 2. The number of nitrogens with one attached hydrogen (secondary N) is 2. The van der Waals surface area contributed by atoms with Crippen LogP contribution in [0, 0.1) is 11.3 Å². The van der Waals surface area contributed by atoms with Crippen molar-refractivity contribution in [2.24, 2.45) is 16.3 Å². The average molecular weight is 451 g/mol. The van der Waals surface area contributed by atoms with Crippen LogP contribution in [0.2, 0.25) is 0 Å². The predicted octanol–water partition coefficient (Wildman–Crippen LogP) is 4.34. The lowest BCUT2D eigenvalue weighted by Crippen LogP contribution is -2.44. The predicted molar refractivity (Wildman–Crippen MR) is 113 cm³/mol. The normalized spacial score (nSPS) is 21.7. The summed E-state index contributed by atoms with van der Waals surface area (Å²) in [6.07, 6.45) is 13.6. The molecule has 142 valence electrons. The quantitative estimate of drug-likeness (QED) is 0.312. The fourth-order valence-electron chi connectivity index (χ4n) is 3.74. The molecule has 2 aliphatic carbocycles. The van der Waals surface area contributed by atoms with Gasteiger partial charge in [-0.1, -0.05) is 32.1 Å². The van der Waals surface area contributed by atoms with E-state index in [2.05, 4.69) is 22.5 Å². The first kappa shape index (κ1) is 22.0. The van der Waals surface area contributed by atoms with Gasteiger partial charge in [-0.25, -0.2) is 0 Å². The Hall–Kier alpha value is -0.0400. The first-order valence-electron chi connectivity index (χ1n) is 9.63. The summed E-state index contributed by atoms with van der Waals surface area (Å²) in [6.45, 7) is 4.17. The number of hydrogen-bond acceptors (Lipinski definition) is 2. The van der Waals surface area contributed by atoms with Gasteiger partial charge >= 0.3 is 0 Å². The monoisotopic (exact) mass is 451 g/mol. The Bertz CT molecular complexity index is 366.